The number of hydrogen-bond donors (Lipinski definition) is 1. The van der Waals surface area contributed by atoms with Crippen LogP contribution in [0, 0.1) is 17.0 Å². The SMILES string of the molecule is CCCNc1nnc(COc2ccc(C)cc2[N+](=O)[O-])s1. The van der Waals surface area contributed by atoms with Crippen LogP contribution in [-0.2, 0) is 6.61 Å². The Morgan fingerprint density at radius 1 is 1.43 bits per heavy atom. The van der Waals surface area contributed by atoms with Crippen molar-refractivity contribution in [2.75, 3.05) is 11.9 Å². The molecule has 1 aromatic heterocycles. The fourth-order valence-corrected chi connectivity index (χ4v) is 2.33. The Hall–Kier alpha value is -2.22. The number of nitrogens with one attached hydrogen (secondary N) is 1. The number of benzene rings is 1. The summed E-state index contributed by atoms with van der Waals surface area (Å²) >= 11 is 1.38. The first-order valence-corrected chi connectivity index (χ1v) is 7.36. The number of aromatic nitrogens is 2. The van der Waals surface area contributed by atoms with Crippen LogP contribution in [0.15, 0.2) is 18.2 Å². The van der Waals surface area contributed by atoms with Crippen LogP contribution in [-0.4, -0.2) is 21.7 Å². The topological polar surface area (TPSA) is 90.2 Å². The van der Waals surface area contributed by atoms with Crippen LogP contribution in [0.4, 0.5) is 10.8 Å². The lowest BCUT2D eigenvalue weighted by Gasteiger charge is -2.05. The molecule has 2 rings (SSSR count). The molecule has 0 aliphatic rings. The van der Waals surface area contributed by atoms with Crippen molar-refractivity contribution in [3.8, 4) is 5.75 Å². The second-order valence-electron chi connectivity index (χ2n) is 4.44. The van der Waals surface area contributed by atoms with Gasteiger partial charge in [-0.1, -0.05) is 24.3 Å². The summed E-state index contributed by atoms with van der Waals surface area (Å²) in [4.78, 5) is 10.6. The van der Waals surface area contributed by atoms with Crippen LogP contribution < -0.4 is 10.1 Å². The summed E-state index contributed by atoms with van der Waals surface area (Å²) in [5.41, 5.74) is 0.778. The lowest BCUT2D eigenvalue weighted by atomic mass is 10.2. The molecule has 1 N–H and O–H groups in total. The van der Waals surface area contributed by atoms with E-state index in [0.29, 0.717) is 5.01 Å². The minimum atomic E-state index is -0.448. The Bertz CT molecular complexity index is 630. The van der Waals surface area contributed by atoms with E-state index >= 15 is 0 Å². The standard InChI is InChI=1S/C13H16N4O3S/c1-3-6-14-13-16-15-12(21-13)8-20-11-5-4-9(2)7-10(11)17(18)19/h4-5,7H,3,6,8H2,1-2H3,(H,14,16). The van der Waals surface area contributed by atoms with Crippen molar-refractivity contribution in [2.45, 2.75) is 26.9 Å². The van der Waals surface area contributed by atoms with E-state index in [4.69, 9.17) is 4.74 Å². The highest BCUT2D eigenvalue weighted by molar-refractivity contribution is 7.15. The minimum absolute atomic E-state index is 0.0381. The van der Waals surface area contributed by atoms with Crippen molar-refractivity contribution in [1.82, 2.24) is 10.2 Å². The van der Waals surface area contributed by atoms with Gasteiger partial charge in [0.15, 0.2) is 10.8 Å². The molecule has 0 amide bonds. The molecule has 0 atom stereocenters. The molecule has 0 radical (unpaired) electrons. The summed E-state index contributed by atoms with van der Waals surface area (Å²) in [6, 6.07) is 4.87. The molecular weight excluding hydrogens is 292 g/mol. The largest absolute Gasteiger partial charge is 0.479 e. The number of anilines is 1. The summed E-state index contributed by atoms with van der Waals surface area (Å²) in [6.45, 7) is 4.86. The molecule has 0 aliphatic heterocycles. The van der Waals surface area contributed by atoms with Gasteiger partial charge in [0, 0.05) is 12.6 Å². The number of nitrogens with zero attached hydrogens (tertiary/aromatic N) is 3. The van der Waals surface area contributed by atoms with Gasteiger partial charge in [-0.25, -0.2) is 0 Å². The summed E-state index contributed by atoms with van der Waals surface area (Å²) in [5.74, 6) is 0.240. The number of nitro groups is 1. The number of rotatable bonds is 7. The molecule has 0 saturated heterocycles. The van der Waals surface area contributed by atoms with E-state index in [1.807, 2.05) is 0 Å². The van der Waals surface area contributed by atoms with Gasteiger partial charge in [0.05, 0.1) is 4.92 Å². The summed E-state index contributed by atoms with van der Waals surface area (Å²) in [6.07, 6.45) is 1.00. The fraction of sp³-hybridized carbons (Fsp3) is 0.385. The second kappa shape index (κ2) is 6.98. The van der Waals surface area contributed by atoms with Gasteiger partial charge in [0.25, 0.3) is 0 Å². The van der Waals surface area contributed by atoms with E-state index < -0.39 is 4.92 Å². The van der Waals surface area contributed by atoms with Crippen LogP contribution in [0.1, 0.15) is 23.9 Å². The van der Waals surface area contributed by atoms with Crippen LogP contribution in [0.5, 0.6) is 5.75 Å². The van der Waals surface area contributed by atoms with Crippen molar-refractivity contribution >= 4 is 22.2 Å². The van der Waals surface area contributed by atoms with Gasteiger partial charge in [-0.15, -0.1) is 10.2 Å². The molecule has 0 unspecified atom stereocenters. The molecule has 1 aromatic carbocycles. The average molecular weight is 308 g/mol. The molecule has 0 fully saturated rings. The molecular formula is C13H16N4O3S. The van der Waals surface area contributed by atoms with Crippen LogP contribution in [0.25, 0.3) is 0 Å². The second-order valence-corrected chi connectivity index (χ2v) is 5.51. The Kier molecular flexibility index (Phi) is 5.04. The van der Waals surface area contributed by atoms with E-state index in [2.05, 4.69) is 22.4 Å². The maximum atomic E-state index is 11.0. The maximum Gasteiger partial charge on any atom is 0.311 e. The molecule has 0 spiro atoms. The molecule has 8 heteroatoms. The number of ether oxygens (including phenoxy) is 1. The smallest absolute Gasteiger partial charge is 0.311 e. The highest BCUT2D eigenvalue weighted by atomic mass is 32.1. The quantitative estimate of drug-likeness (QED) is 0.624. The van der Waals surface area contributed by atoms with E-state index in [-0.39, 0.29) is 18.0 Å². The first-order chi connectivity index (χ1) is 10.1. The van der Waals surface area contributed by atoms with Gasteiger partial charge in [-0.05, 0) is 25.0 Å². The van der Waals surface area contributed by atoms with Gasteiger partial charge in [-0.2, -0.15) is 0 Å². The van der Waals surface area contributed by atoms with E-state index in [9.17, 15) is 10.1 Å². The number of aryl methyl sites for hydroxylation is 1. The Labute approximate surface area is 126 Å². The van der Waals surface area contributed by atoms with Crippen molar-refractivity contribution < 1.29 is 9.66 Å². The Balaban J connectivity index is 2.03. The zero-order valence-electron chi connectivity index (χ0n) is 11.8. The van der Waals surface area contributed by atoms with Crippen molar-refractivity contribution in [3.05, 3.63) is 38.9 Å². The van der Waals surface area contributed by atoms with Crippen molar-refractivity contribution in [1.29, 1.82) is 0 Å². The average Bonchev–Trinajstić information content (AvgIpc) is 2.91. The first kappa shape index (κ1) is 15.2. The molecule has 0 aliphatic carbocycles. The Morgan fingerprint density at radius 3 is 2.95 bits per heavy atom. The zero-order chi connectivity index (χ0) is 15.2. The molecule has 0 saturated carbocycles. The predicted octanol–water partition coefficient (Wildman–Crippen LogP) is 3.16. The molecule has 21 heavy (non-hydrogen) atoms. The highest BCUT2D eigenvalue weighted by Gasteiger charge is 2.16. The number of hydrogen-bond acceptors (Lipinski definition) is 7. The van der Waals surface area contributed by atoms with Gasteiger partial charge in [-0.3, -0.25) is 10.1 Å². The van der Waals surface area contributed by atoms with E-state index in [1.54, 1.807) is 19.1 Å². The summed E-state index contributed by atoms with van der Waals surface area (Å²) in [5, 5.41) is 23.5. The van der Waals surface area contributed by atoms with Crippen molar-refractivity contribution in [3.63, 3.8) is 0 Å². The van der Waals surface area contributed by atoms with Gasteiger partial charge in [0.1, 0.15) is 6.61 Å². The van der Waals surface area contributed by atoms with Gasteiger partial charge in [0.2, 0.25) is 5.13 Å². The molecule has 7 nitrogen and oxygen atoms in total. The minimum Gasteiger partial charge on any atom is -0.479 e. The lowest BCUT2D eigenvalue weighted by Crippen LogP contribution is -1.99. The maximum absolute atomic E-state index is 11.0. The fourth-order valence-electron chi connectivity index (χ4n) is 1.65. The zero-order valence-corrected chi connectivity index (χ0v) is 12.6. The molecule has 0 bridgehead atoms. The van der Waals surface area contributed by atoms with E-state index in [0.717, 1.165) is 23.7 Å². The predicted molar refractivity (Wildman–Crippen MR) is 80.9 cm³/mol. The van der Waals surface area contributed by atoms with Crippen LogP contribution in [0.3, 0.4) is 0 Å². The number of nitro benzene ring substituents is 1. The summed E-state index contributed by atoms with van der Waals surface area (Å²) in [7, 11) is 0. The third-order valence-corrected chi connectivity index (χ3v) is 3.51. The first-order valence-electron chi connectivity index (χ1n) is 6.54. The normalized spacial score (nSPS) is 10.4. The van der Waals surface area contributed by atoms with Gasteiger partial charge >= 0.3 is 5.69 Å². The Morgan fingerprint density at radius 2 is 2.24 bits per heavy atom. The van der Waals surface area contributed by atoms with Crippen molar-refractivity contribution in [2.24, 2.45) is 0 Å². The van der Waals surface area contributed by atoms with Crippen LogP contribution >= 0.6 is 11.3 Å². The highest BCUT2D eigenvalue weighted by Crippen LogP contribution is 2.29. The lowest BCUT2D eigenvalue weighted by molar-refractivity contribution is -0.386. The molecule has 112 valence electrons. The molecule has 2 aromatic rings. The van der Waals surface area contributed by atoms with Gasteiger partial charge < -0.3 is 10.1 Å². The van der Waals surface area contributed by atoms with E-state index in [1.165, 1.54) is 17.4 Å². The third-order valence-electron chi connectivity index (χ3n) is 2.66. The monoisotopic (exact) mass is 308 g/mol. The summed E-state index contributed by atoms with van der Waals surface area (Å²) < 4.78 is 5.50. The molecule has 1 heterocycles. The van der Waals surface area contributed by atoms with Crippen LogP contribution in [0.2, 0.25) is 0 Å². The third kappa shape index (κ3) is 4.12.